The fourth-order valence-electron chi connectivity index (χ4n) is 5.73. The zero-order valence-corrected chi connectivity index (χ0v) is 23.0. The molecule has 7 heteroatoms. The van der Waals surface area contributed by atoms with Gasteiger partial charge in [0.1, 0.15) is 12.1 Å². The van der Waals surface area contributed by atoms with Crippen molar-refractivity contribution in [2.75, 3.05) is 26.2 Å². The Bertz CT molecular complexity index is 1100. The van der Waals surface area contributed by atoms with Crippen LogP contribution in [-0.2, 0) is 20.8 Å². The highest BCUT2D eigenvalue weighted by Gasteiger charge is 2.38. The van der Waals surface area contributed by atoms with Crippen LogP contribution in [0.2, 0.25) is 0 Å². The molecular formula is C31H44N4O3. The first-order chi connectivity index (χ1) is 18.4. The van der Waals surface area contributed by atoms with Gasteiger partial charge in [0.05, 0.1) is 0 Å². The number of rotatable bonds is 12. The van der Waals surface area contributed by atoms with Gasteiger partial charge in [-0.05, 0) is 67.4 Å². The third kappa shape index (κ3) is 7.56. The number of nitrogens with one attached hydrogen (secondary N) is 3. The molecule has 0 aromatic heterocycles. The van der Waals surface area contributed by atoms with Crippen LogP contribution in [0, 0.1) is 11.8 Å². The van der Waals surface area contributed by atoms with Gasteiger partial charge in [-0.15, -0.1) is 0 Å². The molecular weight excluding hydrogens is 476 g/mol. The number of hydrogen-bond acceptors (Lipinski definition) is 4. The maximum absolute atomic E-state index is 13.5. The van der Waals surface area contributed by atoms with Crippen molar-refractivity contribution in [1.82, 2.24) is 20.9 Å². The van der Waals surface area contributed by atoms with Gasteiger partial charge in [-0.25, -0.2) is 0 Å². The molecule has 1 aliphatic heterocycles. The molecule has 3 amide bonds. The molecule has 1 heterocycles. The lowest BCUT2D eigenvalue weighted by molar-refractivity contribution is -0.142. The lowest BCUT2D eigenvalue weighted by atomic mass is 10.0. The van der Waals surface area contributed by atoms with Gasteiger partial charge < -0.3 is 20.9 Å². The smallest absolute Gasteiger partial charge is 0.243 e. The second-order valence-electron chi connectivity index (χ2n) is 11.4. The van der Waals surface area contributed by atoms with E-state index in [1.165, 1.54) is 0 Å². The molecule has 0 bridgehead atoms. The van der Waals surface area contributed by atoms with Gasteiger partial charge in [-0.3, -0.25) is 14.4 Å². The van der Waals surface area contributed by atoms with Crippen LogP contribution in [0.4, 0.5) is 0 Å². The van der Waals surface area contributed by atoms with E-state index in [1.54, 1.807) is 4.90 Å². The molecule has 7 nitrogen and oxygen atoms in total. The van der Waals surface area contributed by atoms with E-state index in [1.807, 2.05) is 18.2 Å². The second kappa shape index (κ2) is 13.7. The molecule has 1 saturated carbocycles. The first-order valence-corrected chi connectivity index (χ1v) is 14.5. The molecule has 0 spiro atoms. The number of hydrogen-bond donors (Lipinski definition) is 3. The Labute approximate surface area is 227 Å². The maximum atomic E-state index is 13.5. The fourth-order valence-corrected chi connectivity index (χ4v) is 5.73. The summed E-state index contributed by atoms with van der Waals surface area (Å²) in [4.78, 5) is 41.7. The Morgan fingerprint density at radius 2 is 1.71 bits per heavy atom. The van der Waals surface area contributed by atoms with Crippen LogP contribution in [0.25, 0.3) is 10.8 Å². The van der Waals surface area contributed by atoms with Gasteiger partial charge >= 0.3 is 0 Å². The summed E-state index contributed by atoms with van der Waals surface area (Å²) in [7, 11) is 0. The quantitative estimate of drug-likeness (QED) is 0.372. The Balaban J connectivity index is 1.41. The summed E-state index contributed by atoms with van der Waals surface area (Å²) in [5.41, 5.74) is 0.994. The van der Waals surface area contributed by atoms with Gasteiger partial charge in [0.15, 0.2) is 0 Å². The van der Waals surface area contributed by atoms with Crippen molar-refractivity contribution in [2.45, 2.75) is 77.3 Å². The zero-order valence-electron chi connectivity index (χ0n) is 23.0. The standard InChI is InChI=1S/C31H44N4O3/c1-22(2)21-32-16-8-17-33-29(36)27(20-23-14-15-24-9-3-6-12-26(24)19-23)34-30(37)28-13-7-18-35(28)31(38)25-10-4-5-11-25/h3,6,9,12,14-15,19,22,25,27-28,32H,4-5,7-8,10-11,13,16-18,20-21H2,1-2H3,(H,33,36)(H,34,37). The third-order valence-electron chi connectivity index (χ3n) is 7.81. The highest BCUT2D eigenvalue weighted by molar-refractivity contribution is 5.93. The van der Waals surface area contributed by atoms with Crippen molar-refractivity contribution in [3.8, 4) is 0 Å². The fraction of sp³-hybridized carbons (Fsp3) is 0.581. The highest BCUT2D eigenvalue weighted by Crippen LogP contribution is 2.30. The molecule has 4 rings (SSSR count). The summed E-state index contributed by atoms with van der Waals surface area (Å²) in [5.74, 6) is 0.353. The third-order valence-corrected chi connectivity index (χ3v) is 7.81. The largest absolute Gasteiger partial charge is 0.354 e. The Hall–Kier alpha value is -2.93. The predicted molar refractivity (Wildman–Crippen MR) is 152 cm³/mol. The molecule has 38 heavy (non-hydrogen) atoms. The van der Waals surface area contributed by atoms with Gasteiger partial charge in [0.2, 0.25) is 17.7 Å². The summed E-state index contributed by atoms with van der Waals surface area (Å²) in [6.07, 6.45) is 6.70. The summed E-state index contributed by atoms with van der Waals surface area (Å²) < 4.78 is 0. The van der Waals surface area contributed by atoms with Crippen molar-refractivity contribution < 1.29 is 14.4 Å². The Kier molecular flexibility index (Phi) is 10.2. The van der Waals surface area contributed by atoms with Gasteiger partial charge in [0, 0.05) is 25.4 Å². The minimum atomic E-state index is -0.698. The summed E-state index contributed by atoms with van der Waals surface area (Å²) in [6, 6.07) is 13.1. The number of carbonyl (C=O) groups excluding carboxylic acids is 3. The van der Waals surface area contributed by atoms with E-state index in [4.69, 9.17) is 0 Å². The van der Waals surface area contributed by atoms with E-state index in [-0.39, 0.29) is 23.6 Å². The molecule has 3 N–H and O–H groups in total. The average Bonchev–Trinajstić information content (AvgIpc) is 3.62. The lowest BCUT2D eigenvalue weighted by Gasteiger charge is -2.28. The topological polar surface area (TPSA) is 90.5 Å². The second-order valence-corrected chi connectivity index (χ2v) is 11.4. The monoisotopic (exact) mass is 520 g/mol. The van der Waals surface area contributed by atoms with E-state index in [0.717, 1.165) is 68.0 Å². The Morgan fingerprint density at radius 1 is 0.947 bits per heavy atom. The molecule has 206 valence electrons. The van der Waals surface area contributed by atoms with E-state index >= 15 is 0 Å². The van der Waals surface area contributed by atoms with Crippen LogP contribution in [-0.4, -0.2) is 60.9 Å². The predicted octanol–water partition coefficient (Wildman–Crippen LogP) is 3.80. The average molecular weight is 521 g/mol. The van der Waals surface area contributed by atoms with Crippen LogP contribution in [0.1, 0.15) is 64.4 Å². The molecule has 2 aromatic carbocycles. The number of amides is 3. The summed E-state index contributed by atoms with van der Waals surface area (Å²) >= 11 is 0. The van der Waals surface area contributed by atoms with Crippen molar-refractivity contribution in [3.05, 3.63) is 48.0 Å². The van der Waals surface area contributed by atoms with E-state index < -0.39 is 12.1 Å². The van der Waals surface area contributed by atoms with E-state index in [2.05, 4.69) is 54.1 Å². The van der Waals surface area contributed by atoms with Crippen LogP contribution in [0.15, 0.2) is 42.5 Å². The van der Waals surface area contributed by atoms with Gasteiger partial charge in [0.25, 0.3) is 0 Å². The van der Waals surface area contributed by atoms with Crippen molar-refractivity contribution in [2.24, 2.45) is 11.8 Å². The first-order valence-electron chi connectivity index (χ1n) is 14.5. The van der Waals surface area contributed by atoms with Crippen molar-refractivity contribution in [1.29, 1.82) is 0 Å². The summed E-state index contributed by atoms with van der Waals surface area (Å²) in [5, 5.41) is 11.7. The lowest BCUT2D eigenvalue weighted by Crippen LogP contribution is -2.54. The molecule has 2 aromatic rings. The first kappa shape index (κ1) is 28.1. The van der Waals surface area contributed by atoms with Crippen LogP contribution in [0.3, 0.4) is 0 Å². The number of fused-ring (bicyclic) bond motifs is 1. The summed E-state index contributed by atoms with van der Waals surface area (Å²) in [6.45, 7) is 7.29. The minimum Gasteiger partial charge on any atom is -0.354 e. The molecule has 1 aliphatic carbocycles. The number of carbonyl (C=O) groups is 3. The van der Waals surface area contributed by atoms with Crippen LogP contribution in [0.5, 0.6) is 0 Å². The molecule has 2 atom stereocenters. The molecule has 2 unspecified atom stereocenters. The Morgan fingerprint density at radius 3 is 2.47 bits per heavy atom. The highest BCUT2D eigenvalue weighted by atomic mass is 16.2. The molecule has 2 aliphatic rings. The molecule has 1 saturated heterocycles. The SMILES string of the molecule is CC(C)CNCCCNC(=O)C(Cc1ccc2ccccc2c1)NC(=O)C1CCCN1C(=O)C1CCCC1. The van der Waals surface area contributed by atoms with Crippen LogP contribution >= 0.6 is 0 Å². The van der Waals surface area contributed by atoms with E-state index in [9.17, 15) is 14.4 Å². The van der Waals surface area contributed by atoms with Crippen molar-refractivity contribution >= 4 is 28.5 Å². The molecule has 2 fully saturated rings. The maximum Gasteiger partial charge on any atom is 0.243 e. The van der Waals surface area contributed by atoms with E-state index in [0.29, 0.717) is 31.8 Å². The number of likely N-dealkylation sites (tertiary alicyclic amines) is 1. The normalized spacial score (nSPS) is 18.7. The zero-order chi connectivity index (χ0) is 26.9. The molecule has 0 radical (unpaired) electrons. The number of nitrogens with zero attached hydrogens (tertiary/aromatic N) is 1. The minimum absolute atomic E-state index is 0.0457. The van der Waals surface area contributed by atoms with Gasteiger partial charge in [-0.1, -0.05) is 69.2 Å². The van der Waals surface area contributed by atoms with Gasteiger partial charge in [-0.2, -0.15) is 0 Å². The van der Waals surface area contributed by atoms with Crippen molar-refractivity contribution in [3.63, 3.8) is 0 Å². The van der Waals surface area contributed by atoms with Crippen LogP contribution < -0.4 is 16.0 Å². The number of benzene rings is 2.